The van der Waals surface area contributed by atoms with Crippen LogP contribution in [-0.4, -0.2) is 41.5 Å². The van der Waals surface area contributed by atoms with E-state index < -0.39 is 11.7 Å². The van der Waals surface area contributed by atoms with E-state index in [1.807, 2.05) is 34.6 Å². The Morgan fingerprint density at radius 3 is 2.43 bits per heavy atom. The zero-order chi connectivity index (χ0) is 17.6. The molecule has 0 aromatic heterocycles. The summed E-state index contributed by atoms with van der Waals surface area (Å²) in [5, 5.41) is 0. The molecule has 2 N–H and O–H groups in total. The lowest BCUT2D eigenvalue weighted by Gasteiger charge is -2.33. The van der Waals surface area contributed by atoms with Crippen LogP contribution in [0.4, 0.5) is 4.79 Å². The average Bonchev–Trinajstić information content (AvgIpc) is 2.42. The molecule has 3 amide bonds. The number of hydrogen-bond donors (Lipinski definition) is 2. The van der Waals surface area contributed by atoms with Crippen molar-refractivity contribution in [3.8, 4) is 0 Å². The van der Waals surface area contributed by atoms with Gasteiger partial charge in [0.25, 0.3) is 0 Å². The van der Waals surface area contributed by atoms with Crippen molar-refractivity contribution in [2.75, 3.05) is 13.1 Å². The van der Waals surface area contributed by atoms with E-state index in [-0.39, 0.29) is 23.7 Å². The molecule has 1 fully saturated rings. The van der Waals surface area contributed by atoms with Gasteiger partial charge in [-0.1, -0.05) is 13.8 Å². The third-order valence-corrected chi connectivity index (χ3v) is 3.36. The van der Waals surface area contributed by atoms with Gasteiger partial charge < -0.3 is 9.64 Å². The largest absolute Gasteiger partial charge is 0.444 e. The number of likely N-dealkylation sites (tertiary alicyclic amines) is 1. The molecule has 0 radical (unpaired) electrons. The fourth-order valence-electron chi connectivity index (χ4n) is 2.34. The summed E-state index contributed by atoms with van der Waals surface area (Å²) in [6.45, 7) is 10.2. The summed E-state index contributed by atoms with van der Waals surface area (Å²) in [5.74, 6) is -0.594. The van der Waals surface area contributed by atoms with Crippen LogP contribution < -0.4 is 10.9 Å². The minimum absolute atomic E-state index is 0.215. The van der Waals surface area contributed by atoms with Crippen LogP contribution in [-0.2, 0) is 14.3 Å². The van der Waals surface area contributed by atoms with Crippen molar-refractivity contribution in [1.29, 1.82) is 0 Å². The lowest BCUT2D eigenvalue weighted by atomic mass is 9.98. The van der Waals surface area contributed by atoms with Crippen LogP contribution in [0, 0.1) is 11.8 Å². The van der Waals surface area contributed by atoms with E-state index in [1.165, 1.54) is 0 Å². The molecule has 0 bridgehead atoms. The number of carbonyl (C=O) groups is 3. The summed E-state index contributed by atoms with van der Waals surface area (Å²) in [7, 11) is 0. The average molecular weight is 327 g/mol. The van der Waals surface area contributed by atoms with E-state index in [9.17, 15) is 14.4 Å². The smallest absolute Gasteiger partial charge is 0.410 e. The standard InChI is InChI=1S/C16H29N3O4/c1-11(2)9-13(20)17-18-14(21)12-7-6-8-19(10-12)15(22)23-16(3,4)5/h11-12H,6-10H2,1-5H3,(H,17,20)(H,18,21). The maximum absolute atomic E-state index is 12.1. The Balaban J connectivity index is 2.46. The molecule has 1 aliphatic heterocycles. The van der Waals surface area contributed by atoms with E-state index in [1.54, 1.807) is 4.90 Å². The van der Waals surface area contributed by atoms with Crippen LogP contribution in [0.3, 0.4) is 0 Å². The Labute approximate surface area is 138 Å². The van der Waals surface area contributed by atoms with Gasteiger partial charge in [-0.2, -0.15) is 0 Å². The molecule has 1 rings (SSSR count). The van der Waals surface area contributed by atoms with Crippen molar-refractivity contribution >= 4 is 17.9 Å². The molecule has 0 aromatic carbocycles. The quantitative estimate of drug-likeness (QED) is 0.774. The van der Waals surface area contributed by atoms with Crippen LogP contribution in [0.25, 0.3) is 0 Å². The summed E-state index contributed by atoms with van der Waals surface area (Å²) < 4.78 is 5.33. The van der Waals surface area contributed by atoms with Crippen molar-refractivity contribution in [3.63, 3.8) is 0 Å². The molecule has 0 spiro atoms. The van der Waals surface area contributed by atoms with Gasteiger partial charge in [-0.3, -0.25) is 20.4 Å². The lowest BCUT2D eigenvalue weighted by Crippen LogP contribution is -2.50. The molecule has 0 saturated carbocycles. The fourth-order valence-corrected chi connectivity index (χ4v) is 2.34. The molecule has 1 heterocycles. The Kier molecular flexibility index (Phi) is 6.84. The molecular formula is C16H29N3O4. The number of rotatable bonds is 3. The third-order valence-electron chi connectivity index (χ3n) is 3.36. The summed E-state index contributed by atoms with van der Waals surface area (Å²) in [5.41, 5.74) is 4.31. The van der Waals surface area contributed by atoms with Gasteiger partial charge in [0.15, 0.2) is 0 Å². The van der Waals surface area contributed by atoms with E-state index in [4.69, 9.17) is 4.74 Å². The number of nitrogens with zero attached hydrogens (tertiary/aromatic N) is 1. The predicted molar refractivity (Wildman–Crippen MR) is 86.3 cm³/mol. The van der Waals surface area contributed by atoms with Gasteiger partial charge in [0.05, 0.1) is 5.92 Å². The molecule has 0 aromatic rings. The van der Waals surface area contributed by atoms with Crippen LogP contribution in [0.2, 0.25) is 0 Å². The topological polar surface area (TPSA) is 87.7 Å². The Hall–Kier alpha value is -1.79. The first kappa shape index (κ1) is 19.3. The zero-order valence-corrected chi connectivity index (χ0v) is 14.8. The maximum atomic E-state index is 12.1. The molecule has 1 unspecified atom stereocenters. The highest BCUT2D eigenvalue weighted by molar-refractivity contribution is 5.84. The summed E-state index contributed by atoms with van der Waals surface area (Å²) in [4.78, 5) is 37.3. The van der Waals surface area contributed by atoms with Gasteiger partial charge in [-0.15, -0.1) is 0 Å². The predicted octanol–water partition coefficient (Wildman–Crippen LogP) is 1.83. The Bertz CT molecular complexity index is 443. The summed E-state index contributed by atoms with van der Waals surface area (Å²) >= 11 is 0. The second kappa shape index (κ2) is 8.17. The van der Waals surface area contributed by atoms with Crippen molar-refractivity contribution in [1.82, 2.24) is 15.8 Å². The fraction of sp³-hybridized carbons (Fsp3) is 0.812. The normalized spacial score (nSPS) is 18.5. The number of carbonyl (C=O) groups excluding carboxylic acids is 3. The number of piperidine rings is 1. The molecular weight excluding hydrogens is 298 g/mol. The Morgan fingerprint density at radius 1 is 1.22 bits per heavy atom. The van der Waals surface area contributed by atoms with Crippen molar-refractivity contribution in [3.05, 3.63) is 0 Å². The first-order valence-corrected chi connectivity index (χ1v) is 8.15. The monoisotopic (exact) mass is 327 g/mol. The van der Waals surface area contributed by atoms with Crippen LogP contribution in [0.15, 0.2) is 0 Å². The number of nitrogens with one attached hydrogen (secondary N) is 2. The highest BCUT2D eigenvalue weighted by Gasteiger charge is 2.31. The third kappa shape index (κ3) is 7.34. The number of hydrazine groups is 1. The van der Waals surface area contributed by atoms with Gasteiger partial charge in [-0.25, -0.2) is 4.79 Å². The van der Waals surface area contributed by atoms with Gasteiger partial charge in [0, 0.05) is 19.5 Å². The van der Waals surface area contributed by atoms with Crippen LogP contribution in [0.5, 0.6) is 0 Å². The van der Waals surface area contributed by atoms with E-state index in [0.717, 1.165) is 6.42 Å². The van der Waals surface area contributed by atoms with E-state index in [2.05, 4.69) is 10.9 Å². The number of amides is 3. The number of ether oxygens (including phenoxy) is 1. The summed E-state index contributed by atoms with van der Waals surface area (Å²) in [6, 6.07) is 0. The van der Waals surface area contributed by atoms with E-state index >= 15 is 0 Å². The minimum Gasteiger partial charge on any atom is -0.444 e. The molecule has 1 saturated heterocycles. The van der Waals surface area contributed by atoms with Gasteiger partial charge in [-0.05, 0) is 39.5 Å². The SMILES string of the molecule is CC(C)CC(=O)NNC(=O)C1CCCN(C(=O)OC(C)(C)C)C1. The molecule has 1 aliphatic rings. The second-order valence-corrected chi connectivity index (χ2v) is 7.40. The Morgan fingerprint density at radius 2 is 1.87 bits per heavy atom. The van der Waals surface area contributed by atoms with Crippen molar-refractivity contribution < 1.29 is 19.1 Å². The first-order valence-electron chi connectivity index (χ1n) is 8.15. The molecule has 0 aliphatic carbocycles. The number of hydrogen-bond acceptors (Lipinski definition) is 4. The second-order valence-electron chi connectivity index (χ2n) is 7.40. The lowest BCUT2D eigenvalue weighted by molar-refractivity contribution is -0.132. The van der Waals surface area contributed by atoms with Crippen molar-refractivity contribution in [2.24, 2.45) is 11.8 Å². The molecule has 7 heteroatoms. The minimum atomic E-state index is -0.558. The van der Waals surface area contributed by atoms with Gasteiger partial charge >= 0.3 is 6.09 Å². The zero-order valence-electron chi connectivity index (χ0n) is 14.8. The first-order chi connectivity index (χ1) is 10.6. The molecule has 23 heavy (non-hydrogen) atoms. The van der Waals surface area contributed by atoms with Crippen LogP contribution in [0.1, 0.15) is 53.9 Å². The van der Waals surface area contributed by atoms with Gasteiger partial charge in [0.1, 0.15) is 5.60 Å². The van der Waals surface area contributed by atoms with Gasteiger partial charge in [0.2, 0.25) is 11.8 Å². The maximum Gasteiger partial charge on any atom is 0.410 e. The highest BCUT2D eigenvalue weighted by atomic mass is 16.6. The van der Waals surface area contributed by atoms with Crippen molar-refractivity contribution in [2.45, 2.75) is 59.5 Å². The van der Waals surface area contributed by atoms with E-state index in [0.29, 0.717) is 25.9 Å². The molecule has 7 nitrogen and oxygen atoms in total. The highest BCUT2D eigenvalue weighted by Crippen LogP contribution is 2.19. The van der Waals surface area contributed by atoms with Crippen LogP contribution >= 0.6 is 0 Å². The molecule has 132 valence electrons. The molecule has 1 atom stereocenters. The summed E-state index contributed by atoms with van der Waals surface area (Å²) in [6.07, 6.45) is 1.37.